The number of fused-ring (bicyclic) bond motifs is 2. The van der Waals surface area contributed by atoms with Gasteiger partial charge in [-0.15, -0.1) is 0 Å². The van der Waals surface area contributed by atoms with Crippen molar-refractivity contribution in [3.63, 3.8) is 0 Å². The minimum atomic E-state index is -0.198. The Morgan fingerprint density at radius 1 is 1.30 bits per heavy atom. The molecule has 124 valence electrons. The normalized spacial score (nSPS) is 29.4. The number of aryl methyl sites for hydroxylation is 1. The van der Waals surface area contributed by atoms with Gasteiger partial charge in [0.2, 0.25) is 0 Å². The highest BCUT2D eigenvalue weighted by Gasteiger charge is 2.47. The SMILES string of the molecule is Cc1c(C(=O)NC[C@]23CCC[C@H]2OCC3)oc2c1C(=O)CCC2. The number of rotatable bonds is 3. The third-order valence-electron chi connectivity index (χ3n) is 5.86. The van der Waals surface area contributed by atoms with Crippen LogP contribution in [0.25, 0.3) is 0 Å². The molecule has 23 heavy (non-hydrogen) atoms. The Labute approximate surface area is 135 Å². The molecule has 2 heterocycles. The molecule has 5 nitrogen and oxygen atoms in total. The zero-order valence-electron chi connectivity index (χ0n) is 13.6. The van der Waals surface area contributed by atoms with Crippen LogP contribution in [-0.2, 0) is 11.2 Å². The summed E-state index contributed by atoms with van der Waals surface area (Å²) in [6.07, 6.45) is 6.79. The van der Waals surface area contributed by atoms with Crippen LogP contribution in [0.1, 0.15) is 70.8 Å². The zero-order chi connectivity index (χ0) is 16.0. The van der Waals surface area contributed by atoms with Gasteiger partial charge < -0.3 is 14.5 Å². The number of furan rings is 1. The molecule has 0 radical (unpaired) electrons. The van der Waals surface area contributed by atoms with Crippen molar-refractivity contribution in [2.45, 2.75) is 58.0 Å². The van der Waals surface area contributed by atoms with Crippen LogP contribution >= 0.6 is 0 Å². The maximum Gasteiger partial charge on any atom is 0.287 e. The number of ketones is 1. The van der Waals surface area contributed by atoms with E-state index in [1.165, 1.54) is 6.42 Å². The molecule has 0 aromatic carbocycles. The average Bonchev–Trinajstić information content (AvgIpc) is 3.18. The lowest BCUT2D eigenvalue weighted by molar-refractivity contribution is 0.0662. The Hall–Kier alpha value is -1.62. The summed E-state index contributed by atoms with van der Waals surface area (Å²) in [7, 11) is 0. The second-order valence-corrected chi connectivity index (χ2v) is 7.18. The molecule has 2 aliphatic carbocycles. The Balaban J connectivity index is 1.51. The van der Waals surface area contributed by atoms with Crippen LogP contribution in [0.5, 0.6) is 0 Å². The number of hydrogen-bond donors (Lipinski definition) is 1. The Bertz CT molecular complexity index is 650. The van der Waals surface area contributed by atoms with Gasteiger partial charge in [0.05, 0.1) is 11.7 Å². The lowest BCUT2D eigenvalue weighted by Crippen LogP contribution is -2.39. The van der Waals surface area contributed by atoms with E-state index in [9.17, 15) is 9.59 Å². The maximum atomic E-state index is 12.6. The highest BCUT2D eigenvalue weighted by Crippen LogP contribution is 2.46. The number of Topliss-reactive ketones (excluding diaryl/α,β-unsaturated/α-hetero) is 1. The van der Waals surface area contributed by atoms with Gasteiger partial charge in [-0.05, 0) is 32.6 Å². The highest BCUT2D eigenvalue weighted by molar-refractivity contribution is 6.03. The summed E-state index contributed by atoms with van der Waals surface area (Å²) in [5, 5.41) is 3.04. The summed E-state index contributed by atoms with van der Waals surface area (Å²) >= 11 is 0. The first-order valence-electron chi connectivity index (χ1n) is 8.66. The summed E-state index contributed by atoms with van der Waals surface area (Å²) in [6.45, 7) is 3.24. The van der Waals surface area contributed by atoms with Crippen LogP contribution < -0.4 is 5.32 Å². The van der Waals surface area contributed by atoms with Crippen LogP contribution in [0.15, 0.2) is 4.42 Å². The van der Waals surface area contributed by atoms with Gasteiger partial charge in [0.1, 0.15) is 5.76 Å². The minimum absolute atomic E-state index is 0.102. The molecule has 0 bridgehead atoms. The van der Waals surface area contributed by atoms with Gasteiger partial charge in [-0.2, -0.15) is 0 Å². The van der Waals surface area contributed by atoms with E-state index >= 15 is 0 Å². The molecule has 5 heteroatoms. The summed E-state index contributed by atoms with van der Waals surface area (Å²) in [4.78, 5) is 24.6. The zero-order valence-corrected chi connectivity index (χ0v) is 13.6. The first-order valence-corrected chi connectivity index (χ1v) is 8.66. The van der Waals surface area contributed by atoms with Crippen LogP contribution in [0.3, 0.4) is 0 Å². The topological polar surface area (TPSA) is 68.5 Å². The molecule has 1 saturated carbocycles. The van der Waals surface area contributed by atoms with Gasteiger partial charge in [-0.25, -0.2) is 0 Å². The van der Waals surface area contributed by atoms with Crippen molar-refractivity contribution in [3.8, 4) is 0 Å². The average molecular weight is 317 g/mol. The van der Waals surface area contributed by atoms with E-state index in [4.69, 9.17) is 9.15 Å². The van der Waals surface area contributed by atoms with Gasteiger partial charge in [0.15, 0.2) is 11.5 Å². The summed E-state index contributed by atoms with van der Waals surface area (Å²) in [5.74, 6) is 0.905. The fraction of sp³-hybridized carbons (Fsp3) is 0.667. The molecule has 1 amide bonds. The van der Waals surface area contributed by atoms with E-state index in [1.54, 1.807) is 0 Å². The third kappa shape index (κ3) is 2.33. The molecule has 4 rings (SSSR count). The van der Waals surface area contributed by atoms with E-state index in [0.29, 0.717) is 35.6 Å². The molecule has 1 aromatic heterocycles. The standard InChI is InChI=1S/C18H23NO4/c1-11-15-12(20)4-2-5-13(15)23-16(11)17(21)19-10-18-7-3-6-14(18)22-9-8-18/h14H,2-10H2,1H3,(H,19,21)/t14-,18-/m1/s1. The van der Waals surface area contributed by atoms with Crippen LogP contribution in [0.2, 0.25) is 0 Å². The van der Waals surface area contributed by atoms with Crippen molar-refractivity contribution >= 4 is 11.7 Å². The predicted molar refractivity (Wildman–Crippen MR) is 83.7 cm³/mol. The first-order chi connectivity index (χ1) is 11.1. The largest absolute Gasteiger partial charge is 0.455 e. The van der Waals surface area contributed by atoms with Crippen LogP contribution in [0.4, 0.5) is 0 Å². The van der Waals surface area contributed by atoms with Crippen molar-refractivity contribution in [1.82, 2.24) is 5.32 Å². The van der Waals surface area contributed by atoms with Crippen molar-refractivity contribution in [1.29, 1.82) is 0 Å². The van der Waals surface area contributed by atoms with Gasteiger partial charge in [-0.3, -0.25) is 9.59 Å². The van der Waals surface area contributed by atoms with E-state index < -0.39 is 0 Å². The molecule has 1 N–H and O–H groups in total. The summed E-state index contributed by atoms with van der Waals surface area (Å²) in [5.41, 5.74) is 1.44. The Morgan fingerprint density at radius 3 is 3.00 bits per heavy atom. The van der Waals surface area contributed by atoms with Gasteiger partial charge >= 0.3 is 0 Å². The van der Waals surface area contributed by atoms with E-state index in [-0.39, 0.29) is 23.2 Å². The Kier molecular flexibility index (Phi) is 3.56. The van der Waals surface area contributed by atoms with E-state index in [2.05, 4.69) is 5.32 Å². The number of carbonyl (C=O) groups excluding carboxylic acids is 2. The number of carbonyl (C=O) groups is 2. The fourth-order valence-corrected chi connectivity index (χ4v) is 4.55. The number of nitrogens with one attached hydrogen (secondary N) is 1. The van der Waals surface area contributed by atoms with Gasteiger partial charge in [0, 0.05) is 37.0 Å². The molecule has 1 aromatic rings. The smallest absolute Gasteiger partial charge is 0.287 e. The van der Waals surface area contributed by atoms with Crippen molar-refractivity contribution < 1.29 is 18.7 Å². The number of ether oxygens (including phenoxy) is 1. The second-order valence-electron chi connectivity index (χ2n) is 7.18. The molecule has 0 spiro atoms. The maximum absolute atomic E-state index is 12.6. The lowest BCUT2D eigenvalue weighted by Gasteiger charge is -2.27. The predicted octanol–water partition coefficient (Wildman–Crippen LogP) is 2.80. The summed E-state index contributed by atoms with van der Waals surface area (Å²) in [6, 6.07) is 0. The van der Waals surface area contributed by atoms with Crippen molar-refractivity contribution in [2.75, 3.05) is 13.2 Å². The van der Waals surface area contributed by atoms with E-state index in [0.717, 1.165) is 38.7 Å². The fourth-order valence-electron chi connectivity index (χ4n) is 4.55. The number of amides is 1. The summed E-state index contributed by atoms with van der Waals surface area (Å²) < 4.78 is 11.5. The molecule has 3 aliphatic rings. The Morgan fingerprint density at radius 2 is 2.17 bits per heavy atom. The van der Waals surface area contributed by atoms with Crippen LogP contribution in [0, 0.1) is 12.3 Å². The van der Waals surface area contributed by atoms with E-state index in [1.807, 2.05) is 6.92 Å². The van der Waals surface area contributed by atoms with Crippen molar-refractivity contribution in [2.24, 2.45) is 5.41 Å². The molecule has 1 saturated heterocycles. The lowest BCUT2D eigenvalue weighted by atomic mass is 9.83. The van der Waals surface area contributed by atoms with Gasteiger partial charge in [0.25, 0.3) is 5.91 Å². The molecule has 1 aliphatic heterocycles. The third-order valence-corrected chi connectivity index (χ3v) is 5.86. The molecular weight excluding hydrogens is 294 g/mol. The molecule has 2 fully saturated rings. The molecule has 2 atom stereocenters. The first kappa shape index (κ1) is 14.9. The molecular formula is C18H23NO4. The van der Waals surface area contributed by atoms with Gasteiger partial charge in [-0.1, -0.05) is 6.42 Å². The molecule has 0 unspecified atom stereocenters. The monoisotopic (exact) mass is 317 g/mol. The quantitative estimate of drug-likeness (QED) is 0.931. The highest BCUT2D eigenvalue weighted by atomic mass is 16.5. The number of hydrogen-bond acceptors (Lipinski definition) is 4. The van der Waals surface area contributed by atoms with Crippen LogP contribution in [-0.4, -0.2) is 30.9 Å². The second kappa shape index (κ2) is 5.48. The van der Waals surface area contributed by atoms with Crippen molar-refractivity contribution in [3.05, 3.63) is 22.6 Å². The minimum Gasteiger partial charge on any atom is -0.455 e.